The molecule has 2 rings (SSSR count). The first-order valence-electron chi connectivity index (χ1n) is 6.75. The van der Waals surface area contributed by atoms with Crippen molar-refractivity contribution in [1.82, 2.24) is 14.9 Å². The molecule has 0 bridgehead atoms. The van der Waals surface area contributed by atoms with Crippen LogP contribution >= 0.6 is 0 Å². The summed E-state index contributed by atoms with van der Waals surface area (Å²) in [5.74, 6) is -0.457. The maximum Gasteiger partial charge on any atom is 0.294 e. The number of aliphatic hydroxyl groups is 1. The van der Waals surface area contributed by atoms with Gasteiger partial charge < -0.3 is 15.0 Å². The number of nitro groups is 1. The second-order valence-electron chi connectivity index (χ2n) is 4.69. The number of amides is 1. The smallest absolute Gasteiger partial charge is 0.294 e. The summed E-state index contributed by atoms with van der Waals surface area (Å²) in [5.41, 5.74) is 0.304. The summed E-state index contributed by atoms with van der Waals surface area (Å²) in [6.45, 7) is 1.64. The molecule has 1 unspecified atom stereocenters. The predicted octanol–water partition coefficient (Wildman–Crippen LogP) is 1.28. The molecular weight excluding hydrogens is 288 g/mol. The minimum atomic E-state index is -0.546. The van der Waals surface area contributed by atoms with Crippen LogP contribution in [0.15, 0.2) is 36.9 Å². The van der Waals surface area contributed by atoms with Gasteiger partial charge in [-0.15, -0.1) is 0 Å². The highest BCUT2D eigenvalue weighted by molar-refractivity contribution is 5.95. The van der Waals surface area contributed by atoms with E-state index in [1.54, 1.807) is 6.20 Å². The van der Waals surface area contributed by atoms with Crippen LogP contribution in [0.25, 0.3) is 5.69 Å². The van der Waals surface area contributed by atoms with E-state index in [4.69, 9.17) is 5.11 Å². The van der Waals surface area contributed by atoms with Crippen molar-refractivity contribution >= 4 is 11.6 Å². The SMILES string of the molecule is CCC(CO)NC(=O)c1ccc(-n2ccnc2)c([N+](=O)[O-])c1. The second kappa shape index (κ2) is 6.81. The lowest BCUT2D eigenvalue weighted by molar-refractivity contribution is -0.384. The molecule has 0 saturated carbocycles. The molecule has 0 spiro atoms. The Morgan fingerprint density at radius 2 is 2.32 bits per heavy atom. The number of carbonyl (C=O) groups excluding carboxylic acids is 1. The van der Waals surface area contributed by atoms with Gasteiger partial charge in [-0.05, 0) is 18.6 Å². The molecule has 0 radical (unpaired) electrons. The zero-order valence-corrected chi connectivity index (χ0v) is 12.0. The van der Waals surface area contributed by atoms with Crippen LogP contribution in [0, 0.1) is 10.1 Å². The molecule has 2 N–H and O–H groups in total. The fraction of sp³-hybridized carbons (Fsp3) is 0.286. The molecule has 8 heteroatoms. The molecule has 1 aromatic heterocycles. The van der Waals surface area contributed by atoms with Gasteiger partial charge in [0, 0.05) is 24.0 Å². The van der Waals surface area contributed by atoms with Crippen molar-refractivity contribution in [3.05, 3.63) is 52.6 Å². The highest BCUT2D eigenvalue weighted by Crippen LogP contribution is 2.24. The summed E-state index contributed by atoms with van der Waals surface area (Å²) in [4.78, 5) is 26.6. The Morgan fingerprint density at radius 1 is 1.55 bits per heavy atom. The standard InChI is InChI=1S/C14H16N4O4/c1-2-11(8-19)16-14(20)10-3-4-12(13(7-10)18(21)22)17-6-5-15-9-17/h3-7,9,11,19H,2,8H2,1H3,(H,16,20). The molecule has 0 aliphatic heterocycles. The molecule has 1 heterocycles. The first kappa shape index (κ1) is 15.6. The molecule has 1 amide bonds. The van der Waals surface area contributed by atoms with Crippen LogP contribution < -0.4 is 5.32 Å². The lowest BCUT2D eigenvalue weighted by atomic mass is 10.1. The van der Waals surface area contributed by atoms with E-state index in [0.717, 1.165) is 0 Å². The molecular formula is C14H16N4O4. The summed E-state index contributed by atoms with van der Waals surface area (Å²) in [6.07, 6.45) is 5.11. The number of hydrogen-bond donors (Lipinski definition) is 2. The Kier molecular flexibility index (Phi) is 4.84. The summed E-state index contributed by atoms with van der Waals surface area (Å²) in [7, 11) is 0. The van der Waals surface area contributed by atoms with Crippen LogP contribution in [0.5, 0.6) is 0 Å². The largest absolute Gasteiger partial charge is 0.394 e. The second-order valence-corrected chi connectivity index (χ2v) is 4.69. The van der Waals surface area contributed by atoms with E-state index in [1.807, 2.05) is 6.92 Å². The summed E-state index contributed by atoms with van der Waals surface area (Å²) >= 11 is 0. The average molecular weight is 304 g/mol. The minimum absolute atomic E-state index is 0.169. The predicted molar refractivity (Wildman–Crippen MR) is 78.8 cm³/mol. The van der Waals surface area contributed by atoms with Gasteiger partial charge in [-0.1, -0.05) is 6.92 Å². The van der Waals surface area contributed by atoms with Crippen LogP contribution in [-0.2, 0) is 0 Å². The molecule has 1 aromatic carbocycles. The maximum atomic E-state index is 12.1. The zero-order chi connectivity index (χ0) is 16.1. The summed E-state index contributed by atoms with van der Waals surface area (Å²) in [5, 5.41) is 22.9. The van der Waals surface area contributed by atoms with E-state index >= 15 is 0 Å². The maximum absolute atomic E-state index is 12.1. The topological polar surface area (TPSA) is 110 Å². The molecule has 22 heavy (non-hydrogen) atoms. The molecule has 8 nitrogen and oxygen atoms in total. The van der Waals surface area contributed by atoms with Crippen LogP contribution in [0.4, 0.5) is 5.69 Å². The van der Waals surface area contributed by atoms with Crippen LogP contribution in [0.1, 0.15) is 23.7 Å². The van der Waals surface area contributed by atoms with Crippen molar-refractivity contribution in [2.45, 2.75) is 19.4 Å². The first-order valence-corrected chi connectivity index (χ1v) is 6.75. The average Bonchev–Trinajstić information content (AvgIpc) is 3.05. The summed E-state index contributed by atoms with van der Waals surface area (Å²) < 4.78 is 1.50. The lowest BCUT2D eigenvalue weighted by Crippen LogP contribution is -2.36. The molecule has 116 valence electrons. The van der Waals surface area contributed by atoms with Gasteiger partial charge in [0.2, 0.25) is 0 Å². The third-order valence-corrected chi connectivity index (χ3v) is 3.27. The fourth-order valence-electron chi connectivity index (χ4n) is 1.98. The normalized spacial score (nSPS) is 11.9. The molecule has 2 aromatic rings. The number of hydrogen-bond acceptors (Lipinski definition) is 5. The molecule has 1 atom stereocenters. The Balaban J connectivity index is 2.34. The Labute approximate surface area is 126 Å². The minimum Gasteiger partial charge on any atom is -0.394 e. The van der Waals surface area contributed by atoms with E-state index in [0.29, 0.717) is 12.1 Å². The van der Waals surface area contributed by atoms with Crippen molar-refractivity contribution < 1.29 is 14.8 Å². The number of aliphatic hydroxyl groups excluding tert-OH is 1. The highest BCUT2D eigenvalue weighted by atomic mass is 16.6. The number of rotatable bonds is 6. The monoisotopic (exact) mass is 304 g/mol. The fourth-order valence-corrected chi connectivity index (χ4v) is 1.98. The van der Waals surface area contributed by atoms with E-state index in [9.17, 15) is 14.9 Å². The van der Waals surface area contributed by atoms with Gasteiger partial charge in [0.15, 0.2) is 0 Å². The first-order chi connectivity index (χ1) is 10.6. The van der Waals surface area contributed by atoms with Gasteiger partial charge in [0.25, 0.3) is 11.6 Å². The van der Waals surface area contributed by atoms with Gasteiger partial charge in [0.1, 0.15) is 5.69 Å². The number of aromatic nitrogens is 2. The number of nitro benzene ring substituents is 1. The van der Waals surface area contributed by atoms with Crippen molar-refractivity contribution in [3.8, 4) is 5.69 Å². The summed E-state index contributed by atoms with van der Waals surface area (Å²) in [6, 6.07) is 3.84. The lowest BCUT2D eigenvalue weighted by Gasteiger charge is -2.14. The van der Waals surface area contributed by atoms with Gasteiger partial charge in [-0.2, -0.15) is 0 Å². The van der Waals surface area contributed by atoms with Crippen molar-refractivity contribution in [2.24, 2.45) is 0 Å². The van der Waals surface area contributed by atoms with Crippen LogP contribution in [0.2, 0.25) is 0 Å². The molecule has 0 saturated heterocycles. The Bertz CT molecular complexity index is 665. The number of carbonyl (C=O) groups is 1. The zero-order valence-electron chi connectivity index (χ0n) is 12.0. The molecule has 0 fully saturated rings. The third kappa shape index (κ3) is 3.29. The van der Waals surface area contributed by atoms with E-state index < -0.39 is 10.8 Å². The third-order valence-electron chi connectivity index (χ3n) is 3.27. The quantitative estimate of drug-likeness (QED) is 0.617. The highest BCUT2D eigenvalue weighted by Gasteiger charge is 2.19. The Hall–Kier alpha value is -2.74. The Morgan fingerprint density at radius 3 is 2.86 bits per heavy atom. The van der Waals surface area contributed by atoms with Gasteiger partial charge in [0.05, 0.1) is 23.9 Å². The van der Waals surface area contributed by atoms with Crippen LogP contribution in [-0.4, -0.2) is 38.1 Å². The van der Waals surface area contributed by atoms with E-state index in [1.165, 1.54) is 35.3 Å². The van der Waals surface area contributed by atoms with Crippen molar-refractivity contribution in [3.63, 3.8) is 0 Å². The molecule has 0 aliphatic carbocycles. The van der Waals surface area contributed by atoms with Crippen molar-refractivity contribution in [1.29, 1.82) is 0 Å². The number of imidazole rings is 1. The van der Waals surface area contributed by atoms with E-state index in [-0.39, 0.29) is 23.9 Å². The van der Waals surface area contributed by atoms with Gasteiger partial charge in [-0.3, -0.25) is 14.9 Å². The van der Waals surface area contributed by atoms with Crippen molar-refractivity contribution in [2.75, 3.05) is 6.61 Å². The van der Waals surface area contributed by atoms with Gasteiger partial charge in [-0.25, -0.2) is 4.98 Å². The molecule has 0 aliphatic rings. The number of benzene rings is 1. The van der Waals surface area contributed by atoms with Gasteiger partial charge >= 0.3 is 0 Å². The van der Waals surface area contributed by atoms with Crippen LogP contribution in [0.3, 0.4) is 0 Å². The van der Waals surface area contributed by atoms with E-state index in [2.05, 4.69) is 10.3 Å². The number of nitrogens with one attached hydrogen (secondary N) is 1. The number of nitrogens with zero attached hydrogens (tertiary/aromatic N) is 3.